The Morgan fingerprint density at radius 2 is 2.08 bits per heavy atom. The third kappa shape index (κ3) is 2.04. The molecule has 1 unspecified atom stereocenters. The first-order chi connectivity index (χ1) is 5.63. The Bertz CT molecular complexity index is 268. The van der Waals surface area contributed by atoms with E-state index in [4.69, 9.17) is 5.02 Å². The highest BCUT2D eigenvalue weighted by Gasteiger charge is 2.11. The maximum absolute atomic E-state index is 12.9. The molecule has 0 aromatic rings. The molecule has 0 heterocycles. The monoisotopic (exact) mass is 169 g/mol. The zero-order chi connectivity index (χ0) is 9.14. The highest BCUT2D eigenvalue weighted by Crippen LogP contribution is 2.22. The molecule has 0 spiro atoms. The van der Waals surface area contributed by atoms with Crippen molar-refractivity contribution in [3.05, 3.63) is 35.4 Å². The van der Waals surface area contributed by atoms with Gasteiger partial charge in [0.25, 0.3) is 0 Å². The number of rotatable bonds is 1. The van der Waals surface area contributed by atoms with Crippen molar-refractivity contribution >= 4 is 7.48 Å². The summed E-state index contributed by atoms with van der Waals surface area (Å²) in [4.78, 5) is 0. The molecule has 0 saturated carbocycles. The predicted octanol–water partition coefficient (Wildman–Crippen LogP) is 1.84. The van der Waals surface area contributed by atoms with Crippen LogP contribution in [0.4, 0.5) is 8.78 Å². The van der Waals surface area contributed by atoms with E-state index >= 15 is 0 Å². The number of allylic oxidation sites excluding steroid dienone is 6. The molecule has 0 aromatic heterocycles. The normalized spacial score (nSPS) is 23.7. The molecule has 1 aliphatic rings. The van der Waals surface area contributed by atoms with E-state index in [-0.39, 0.29) is 5.47 Å². The summed E-state index contributed by atoms with van der Waals surface area (Å²) in [7, 11) is 0.672. The molecular weight excluding hydrogens is 161 g/mol. The fourth-order valence-corrected chi connectivity index (χ4v) is 0.933. The van der Waals surface area contributed by atoms with Gasteiger partial charge in [-0.2, -0.15) is 0 Å². The van der Waals surface area contributed by atoms with E-state index in [1.54, 1.807) is 6.92 Å². The van der Waals surface area contributed by atoms with Gasteiger partial charge < -0.3 is 5.02 Å². The molecule has 12 heavy (non-hydrogen) atoms. The molecule has 0 aromatic carbocycles. The smallest absolute Gasteiger partial charge is 0.326 e. The van der Waals surface area contributed by atoms with Crippen LogP contribution in [0.15, 0.2) is 35.4 Å². The maximum Gasteiger partial charge on any atom is 0.326 e. The molecule has 1 nitrogen and oxygen atoms in total. The van der Waals surface area contributed by atoms with Crippen LogP contribution in [-0.4, -0.2) is 12.5 Å². The number of halogens is 2. The molecule has 1 rings (SSSR count). The Labute approximate surface area is 70.4 Å². The van der Waals surface area contributed by atoms with Gasteiger partial charge in [-0.05, 0) is 23.7 Å². The molecule has 1 atom stereocenters. The summed E-state index contributed by atoms with van der Waals surface area (Å²) < 4.78 is 25.7. The lowest BCUT2D eigenvalue weighted by Gasteiger charge is -1.99. The van der Waals surface area contributed by atoms with Crippen LogP contribution in [-0.2, 0) is 0 Å². The fraction of sp³-hybridized carbons (Fsp3) is 0.250. The fourth-order valence-electron chi connectivity index (χ4n) is 0.933. The van der Waals surface area contributed by atoms with Crippen LogP contribution < -0.4 is 0 Å². The van der Waals surface area contributed by atoms with Crippen LogP contribution in [0.3, 0.4) is 0 Å². The summed E-state index contributed by atoms with van der Waals surface area (Å²) in [5.74, 6) is -1.57. The second-order valence-electron chi connectivity index (χ2n) is 2.64. The van der Waals surface area contributed by atoms with Gasteiger partial charge in [0.05, 0.1) is 0 Å². The van der Waals surface area contributed by atoms with Crippen molar-refractivity contribution in [3.63, 3.8) is 0 Å². The number of hydrogen-bond donors (Lipinski definition) is 1. The van der Waals surface area contributed by atoms with E-state index in [1.807, 2.05) is 0 Å². The average molecular weight is 169 g/mol. The van der Waals surface area contributed by atoms with E-state index in [1.165, 1.54) is 0 Å². The first-order valence-corrected chi connectivity index (χ1v) is 3.57. The van der Waals surface area contributed by atoms with E-state index in [9.17, 15) is 8.78 Å². The molecule has 1 aliphatic carbocycles. The van der Waals surface area contributed by atoms with Gasteiger partial charge in [0.1, 0.15) is 11.7 Å². The minimum Gasteiger partial charge on any atom is -0.450 e. The molecule has 0 amide bonds. The van der Waals surface area contributed by atoms with Gasteiger partial charge in [0.2, 0.25) is 0 Å². The zero-order valence-corrected chi connectivity index (χ0v) is 6.59. The van der Waals surface area contributed by atoms with Crippen molar-refractivity contribution in [3.8, 4) is 0 Å². The lowest BCUT2D eigenvalue weighted by Crippen LogP contribution is -1.93. The van der Waals surface area contributed by atoms with Gasteiger partial charge in [-0.25, -0.2) is 8.78 Å². The van der Waals surface area contributed by atoms with E-state index in [0.717, 1.165) is 18.2 Å². The molecule has 0 fully saturated rings. The largest absolute Gasteiger partial charge is 0.450 e. The van der Waals surface area contributed by atoms with Gasteiger partial charge in [-0.15, -0.1) is 0 Å². The summed E-state index contributed by atoms with van der Waals surface area (Å²) in [5, 5.41) is 8.54. The molecular formula is C8H8BF2O. The van der Waals surface area contributed by atoms with Crippen molar-refractivity contribution in [2.24, 2.45) is 5.92 Å². The van der Waals surface area contributed by atoms with Crippen molar-refractivity contribution < 1.29 is 13.8 Å². The van der Waals surface area contributed by atoms with E-state index < -0.39 is 17.6 Å². The van der Waals surface area contributed by atoms with Crippen LogP contribution in [0.25, 0.3) is 0 Å². The summed E-state index contributed by atoms with van der Waals surface area (Å²) in [6, 6.07) is 0. The third-order valence-electron chi connectivity index (χ3n) is 1.60. The predicted molar refractivity (Wildman–Crippen MR) is 43.6 cm³/mol. The van der Waals surface area contributed by atoms with E-state index in [0.29, 0.717) is 7.48 Å². The summed E-state index contributed by atoms with van der Waals surface area (Å²) in [6.07, 6.45) is 3.33. The minimum absolute atomic E-state index is 0.130. The van der Waals surface area contributed by atoms with Gasteiger partial charge in [0.15, 0.2) is 0 Å². The van der Waals surface area contributed by atoms with Crippen LogP contribution >= 0.6 is 0 Å². The summed E-state index contributed by atoms with van der Waals surface area (Å²) >= 11 is 0. The molecule has 0 aliphatic heterocycles. The van der Waals surface area contributed by atoms with Crippen molar-refractivity contribution in [2.75, 3.05) is 0 Å². The molecule has 0 saturated heterocycles. The van der Waals surface area contributed by atoms with Gasteiger partial charge in [-0.1, -0.05) is 6.92 Å². The Kier molecular flexibility index (Phi) is 2.81. The van der Waals surface area contributed by atoms with Crippen LogP contribution in [0, 0.1) is 5.92 Å². The molecule has 0 bridgehead atoms. The Morgan fingerprint density at radius 1 is 1.42 bits per heavy atom. The first-order valence-electron chi connectivity index (χ1n) is 3.57. The third-order valence-corrected chi connectivity index (χ3v) is 1.60. The second-order valence-corrected chi connectivity index (χ2v) is 2.64. The number of hydrogen-bond acceptors (Lipinski definition) is 1. The molecule has 4 heteroatoms. The topological polar surface area (TPSA) is 20.2 Å². The van der Waals surface area contributed by atoms with E-state index in [2.05, 4.69) is 0 Å². The molecule has 1 N–H and O–H groups in total. The highest BCUT2D eigenvalue weighted by atomic mass is 19.1. The van der Waals surface area contributed by atoms with Crippen LogP contribution in [0.5, 0.6) is 0 Å². The Balaban J connectivity index is 2.99. The van der Waals surface area contributed by atoms with Gasteiger partial charge in [0, 0.05) is 5.92 Å². The highest BCUT2D eigenvalue weighted by molar-refractivity contribution is 6.37. The van der Waals surface area contributed by atoms with Crippen LogP contribution in [0.1, 0.15) is 6.92 Å². The lowest BCUT2D eigenvalue weighted by atomic mass is 9.87. The average Bonchev–Trinajstić information content (AvgIpc) is 2.12. The van der Waals surface area contributed by atoms with Crippen LogP contribution in [0.2, 0.25) is 0 Å². The molecule has 63 valence electrons. The molecule has 1 radical (unpaired) electrons. The van der Waals surface area contributed by atoms with Crippen molar-refractivity contribution in [1.82, 2.24) is 0 Å². The lowest BCUT2D eigenvalue weighted by molar-refractivity contribution is 0.540. The first kappa shape index (κ1) is 9.19. The zero-order valence-electron chi connectivity index (χ0n) is 6.59. The second kappa shape index (κ2) is 3.67. The quantitative estimate of drug-likeness (QED) is 0.593. The summed E-state index contributed by atoms with van der Waals surface area (Å²) in [5.41, 5.74) is 0.130. The standard InChI is InChI=1S/C8H8BF2O/c1-5-2-7(10)3-6(9-12)4-8(5)11/h2-5,12H,1H3. The van der Waals surface area contributed by atoms with Crippen molar-refractivity contribution in [1.29, 1.82) is 0 Å². The van der Waals surface area contributed by atoms with Crippen molar-refractivity contribution in [2.45, 2.75) is 6.92 Å². The summed E-state index contributed by atoms with van der Waals surface area (Å²) in [6.45, 7) is 1.54. The minimum atomic E-state index is -0.571. The van der Waals surface area contributed by atoms with Gasteiger partial charge in [-0.3, -0.25) is 0 Å². The SMILES string of the molecule is CC1C=C(F)C=C([B]O)C=C1F. The maximum atomic E-state index is 12.9. The van der Waals surface area contributed by atoms with Gasteiger partial charge >= 0.3 is 7.48 Å². The Morgan fingerprint density at radius 3 is 2.67 bits per heavy atom. The Hall–Kier alpha value is -0.895.